The van der Waals surface area contributed by atoms with Crippen molar-refractivity contribution < 1.29 is 17.9 Å². The van der Waals surface area contributed by atoms with Crippen molar-refractivity contribution in [2.45, 2.75) is 45.9 Å². The van der Waals surface area contributed by atoms with E-state index in [-0.39, 0.29) is 28.3 Å². The summed E-state index contributed by atoms with van der Waals surface area (Å²) in [7, 11) is -3.89. The van der Waals surface area contributed by atoms with Gasteiger partial charge < -0.3 is 10.1 Å². The summed E-state index contributed by atoms with van der Waals surface area (Å²) in [5.74, 6) is 0.437. The molecule has 0 fully saturated rings. The Morgan fingerprint density at radius 3 is 2.29 bits per heavy atom. The van der Waals surface area contributed by atoms with Crippen molar-refractivity contribution in [2.24, 2.45) is 5.41 Å². The molecule has 0 unspecified atom stereocenters. The molecule has 0 aliphatic rings. The predicted molar refractivity (Wildman–Crippen MR) is 112 cm³/mol. The predicted octanol–water partition coefficient (Wildman–Crippen LogP) is 4.57. The van der Waals surface area contributed by atoms with Crippen molar-refractivity contribution >= 4 is 27.3 Å². The molecule has 0 aromatic heterocycles. The maximum absolute atomic E-state index is 13.0. The molecule has 0 aliphatic heterocycles. The molecule has 0 saturated heterocycles. The molecule has 0 atom stereocenters. The Morgan fingerprint density at radius 1 is 1.07 bits per heavy atom. The van der Waals surface area contributed by atoms with E-state index in [2.05, 4.69) is 10.0 Å². The lowest BCUT2D eigenvalue weighted by molar-refractivity contribution is -0.117. The lowest BCUT2D eigenvalue weighted by atomic mass is 9.92. The Hall–Kier alpha value is -2.54. The molecule has 0 bridgehead atoms. The Bertz CT molecular complexity index is 930. The number of hydrogen-bond acceptors (Lipinski definition) is 4. The monoisotopic (exact) mass is 404 g/mol. The normalized spacial score (nSPS) is 11.8. The number of amides is 1. The van der Waals surface area contributed by atoms with E-state index >= 15 is 0 Å². The second kappa shape index (κ2) is 8.65. The first-order chi connectivity index (χ1) is 13.0. The van der Waals surface area contributed by atoms with Gasteiger partial charge in [-0.05, 0) is 55.2 Å². The van der Waals surface area contributed by atoms with Gasteiger partial charge in [-0.2, -0.15) is 0 Å². The third-order valence-corrected chi connectivity index (χ3v) is 5.45. The number of carbonyl (C=O) groups excluding carboxylic acids is 1. The zero-order chi connectivity index (χ0) is 20.9. The minimum Gasteiger partial charge on any atom is -0.494 e. The first kappa shape index (κ1) is 21.8. The molecule has 152 valence electrons. The highest BCUT2D eigenvalue weighted by Gasteiger charge is 2.24. The molecule has 0 spiro atoms. The summed E-state index contributed by atoms with van der Waals surface area (Å²) in [5.41, 5.74) is 1.03. The first-order valence-electron chi connectivity index (χ1n) is 9.17. The summed E-state index contributed by atoms with van der Waals surface area (Å²) in [6.07, 6.45) is 0.284. The fourth-order valence-corrected chi connectivity index (χ4v) is 4.22. The second-order valence-corrected chi connectivity index (χ2v) is 9.42. The Kier molecular flexibility index (Phi) is 6.72. The van der Waals surface area contributed by atoms with Gasteiger partial charge >= 0.3 is 0 Å². The number of aryl methyl sites for hydroxylation is 1. The van der Waals surface area contributed by atoms with Crippen LogP contribution in [0.3, 0.4) is 0 Å². The summed E-state index contributed by atoms with van der Waals surface area (Å²) >= 11 is 0. The highest BCUT2D eigenvalue weighted by atomic mass is 32.2. The fourth-order valence-electron chi connectivity index (χ4n) is 2.78. The van der Waals surface area contributed by atoms with E-state index in [1.807, 2.05) is 27.7 Å². The molecule has 1 amide bonds. The number of carbonyl (C=O) groups is 1. The second-order valence-electron chi connectivity index (χ2n) is 7.80. The molecule has 0 radical (unpaired) electrons. The van der Waals surface area contributed by atoms with Gasteiger partial charge in [0.15, 0.2) is 0 Å². The van der Waals surface area contributed by atoms with Crippen molar-refractivity contribution in [3.63, 3.8) is 0 Å². The van der Waals surface area contributed by atoms with Crippen LogP contribution < -0.4 is 14.8 Å². The summed E-state index contributed by atoms with van der Waals surface area (Å²) in [5, 5.41) is 2.75. The third kappa shape index (κ3) is 5.99. The van der Waals surface area contributed by atoms with Gasteiger partial charge in [-0.3, -0.25) is 9.52 Å². The van der Waals surface area contributed by atoms with E-state index < -0.39 is 10.0 Å². The largest absolute Gasteiger partial charge is 0.494 e. The van der Waals surface area contributed by atoms with Crippen LogP contribution in [-0.2, 0) is 14.8 Å². The van der Waals surface area contributed by atoms with E-state index in [1.54, 1.807) is 49.4 Å². The topological polar surface area (TPSA) is 84.5 Å². The molecular formula is C21H28N2O4S. The van der Waals surface area contributed by atoms with Gasteiger partial charge in [0, 0.05) is 12.1 Å². The zero-order valence-corrected chi connectivity index (χ0v) is 17.8. The van der Waals surface area contributed by atoms with Gasteiger partial charge in [0.05, 0.1) is 12.3 Å². The summed E-state index contributed by atoms with van der Waals surface area (Å²) in [6.45, 7) is 9.97. The molecule has 2 N–H and O–H groups in total. The number of ether oxygens (including phenoxy) is 1. The highest BCUT2D eigenvalue weighted by molar-refractivity contribution is 7.93. The van der Waals surface area contributed by atoms with Gasteiger partial charge in [-0.25, -0.2) is 8.42 Å². The van der Waals surface area contributed by atoms with Crippen LogP contribution in [-0.4, -0.2) is 20.9 Å². The SMILES string of the molecule is CCOc1ccc(NS(=O)(=O)c2c(C)cccc2NC(=O)CC(C)(C)C)cc1. The van der Waals surface area contributed by atoms with Crippen LogP contribution in [0.2, 0.25) is 0 Å². The molecule has 0 heterocycles. The van der Waals surface area contributed by atoms with E-state index in [4.69, 9.17) is 4.74 Å². The van der Waals surface area contributed by atoms with E-state index in [0.29, 0.717) is 23.6 Å². The van der Waals surface area contributed by atoms with Gasteiger partial charge in [-0.15, -0.1) is 0 Å². The van der Waals surface area contributed by atoms with Crippen LogP contribution in [0.4, 0.5) is 11.4 Å². The number of nitrogens with one attached hydrogen (secondary N) is 2. The summed E-state index contributed by atoms with van der Waals surface area (Å²) in [6, 6.07) is 11.7. The lowest BCUT2D eigenvalue weighted by Gasteiger charge is -2.19. The fraction of sp³-hybridized carbons (Fsp3) is 0.381. The number of rotatable bonds is 7. The number of benzene rings is 2. The number of anilines is 2. The zero-order valence-electron chi connectivity index (χ0n) is 17.0. The van der Waals surface area contributed by atoms with Crippen molar-refractivity contribution in [1.29, 1.82) is 0 Å². The molecule has 2 rings (SSSR count). The number of hydrogen-bond donors (Lipinski definition) is 2. The van der Waals surface area contributed by atoms with Crippen LogP contribution in [0.5, 0.6) is 5.75 Å². The highest BCUT2D eigenvalue weighted by Crippen LogP contribution is 2.29. The van der Waals surface area contributed by atoms with Gasteiger partial charge in [0.25, 0.3) is 10.0 Å². The van der Waals surface area contributed by atoms with E-state index in [0.717, 1.165) is 0 Å². The summed E-state index contributed by atoms with van der Waals surface area (Å²) in [4.78, 5) is 12.4. The molecule has 6 nitrogen and oxygen atoms in total. The molecule has 28 heavy (non-hydrogen) atoms. The van der Waals surface area contributed by atoms with Gasteiger partial charge in [0.1, 0.15) is 10.6 Å². The van der Waals surface area contributed by atoms with Crippen LogP contribution in [0.25, 0.3) is 0 Å². The summed E-state index contributed by atoms with van der Waals surface area (Å²) < 4.78 is 34.0. The average molecular weight is 405 g/mol. The van der Waals surface area contributed by atoms with Crippen molar-refractivity contribution in [2.75, 3.05) is 16.6 Å². The molecule has 2 aromatic rings. The van der Waals surface area contributed by atoms with Crippen LogP contribution in [0.15, 0.2) is 47.4 Å². The van der Waals surface area contributed by atoms with Crippen LogP contribution >= 0.6 is 0 Å². The van der Waals surface area contributed by atoms with E-state index in [1.165, 1.54) is 0 Å². The van der Waals surface area contributed by atoms with Crippen molar-refractivity contribution in [3.05, 3.63) is 48.0 Å². The number of sulfonamides is 1. The smallest absolute Gasteiger partial charge is 0.264 e. The Balaban J connectivity index is 2.30. The molecule has 7 heteroatoms. The van der Waals surface area contributed by atoms with Crippen molar-refractivity contribution in [3.8, 4) is 5.75 Å². The van der Waals surface area contributed by atoms with Gasteiger partial charge in [0.2, 0.25) is 5.91 Å². The maximum atomic E-state index is 13.0. The lowest BCUT2D eigenvalue weighted by Crippen LogP contribution is -2.22. The molecular weight excluding hydrogens is 376 g/mol. The molecule has 0 saturated carbocycles. The van der Waals surface area contributed by atoms with Gasteiger partial charge in [-0.1, -0.05) is 32.9 Å². The minimum absolute atomic E-state index is 0.0612. The maximum Gasteiger partial charge on any atom is 0.264 e. The van der Waals surface area contributed by atoms with Crippen LogP contribution in [0, 0.1) is 12.3 Å². The molecule has 2 aromatic carbocycles. The van der Waals surface area contributed by atoms with Crippen LogP contribution in [0.1, 0.15) is 39.7 Å². The quantitative estimate of drug-likeness (QED) is 0.708. The minimum atomic E-state index is -3.89. The Morgan fingerprint density at radius 2 is 1.71 bits per heavy atom. The average Bonchev–Trinajstić information content (AvgIpc) is 2.54. The first-order valence-corrected chi connectivity index (χ1v) is 10.7. The van der Waals surface area contributed by atoms with Crippen molar-refractivity contribution in [1.82, 2.24) is 0 Å². The Labute approximate surface area is 167 Å². The third-order valence-electron chi connectivity index (χ3n) is 3.86. The molecule has 0 aliphatic carbocycles. The van der Waals surface area contributed by atoms with E-state index in [9.17, 15) is 13.2 Å². The standard InChI is InChI=1S/C21H28N2O4S/c1-6-27-17-12-10-16(11-13-17)23-28(25,26)20-15(2)8-7-9-18(20)22-19(24)14-21(3,4)5/h7-13,23H,6,14H2,1-5H3,(H,22,24).